The molecule has 0 aliphatic rings. The summed E-state index contributed by atoms with van der Waals surface area (Å²) in [6.07, 6.45) is 23.8. The topological polar surface area (TPSA) is 43.4 Å². The molecule has 0 aliphatic heterocycles. The van der Waals surface area contributed by atoms with Crippen LogP contribution < -0.4 is 0 Å². The Kier molecular flexibility index (Phi) is 20.3. The molecule has 0 saturated heterocycles. The highest BCUT2D eigenvalue weighted by molar-refractivity contribution is 6.80. The van der Waals surface area contributed by atoms with Crippen molar-refractivity contribution in [3.63, 3.8) is 0 Å². The van der Waals surface area contributed by atoms with Gasteiger partial charge < -0.3 is 4.74 Å². The largest absolute Gasteiger partial charge is 0.459 e. The molecule has 154 valence electrons. The van der Waals surface area contributed by atoms with Crippen LogP contribution in [-0.4, -0.2) is 17.8 Å². The lowest BCUT2D eigenvalue weighted by Crippen LogP contribution is -2.12. The number of ether oxygens (including phenoxy) is 1. The minimum Gasteiger partial charge on any atom is -0.459 e. The van der Waals surface area contributed by atoms with E-state index >= 15 is 0 Å². The van der Waals surface area contributed by atoms with Gasteiger partial charge in [-0.2, -0.15) is 0 Å². The van der Waals surface area contributed by atoms with Crippen LogP contribution in [0.4, 0.5) is 0 Å². The van der Waals surface area contributed by atoms with Gasteiger partial charge in [0.25, 0.3) is 0 Å². The van der Waals surface area contributed by atoms with Crippen molar-refractivity contribution in [1.82, 2.24) is 0 Å². The molecule has 0 unspecified atom stereocenters. The van der Waals surface area contributed by atoms with Crippen molar-refractivity contribution >= 4 is 22.8 Å². The Morgan fingerprint density at radius 2 is 0.885 bits per heavy atom. The van der Waals surface area contributed by atoms with E-state index in [0.29, 0.717) is 6.61 Å². The summed E-state index contributed by atoms with van der Waals surface area (Å²) in [5.41, 5.74) is 0. The van der Waals surface area contributed by atoms with Crippen molar-refractivity contribution in [3.05, 3.63) is 0 Å². The molecule has 0 atom stereocenters. The Morgan fingerprint density at radius 3 is 1.19 bits per heavy atom. The Bertz CT molecular complexity index is 331. The third-order valence-corrected chi connectivity index (χ3v) is 5.05. The second-order valence-electron chi connectivity index (χ2n) is 7.42. The molecule has 26 heavy (non-hydrogen) atoms. The fraction of sp³-hybridized carbons (Fsp3) is 0.909. The Balaban J connectivity index is 3.05. The van der Waals surface area contributed by atoms with E-state index in [1.165, 1.54) is 103 Å². The van der Waals surface area contributed by atoms with Crippen LogP contribution >= 0.6 is 11.6 Å². The van der Waals surface area contributed by atoms with E-state index in [1.54, 1.807) is 0 Å². The van der Waals surface area contributed by atoms with Crippen LogP contribution in [0.1, 0.15) is 122 Å². The van der Waals surface area contributed by atoms with Crippen LogP contribution in [0, 0.1) is 0 Å². The van der Waals surface area contributed by atoms with Gasteiger partial charge in [0, 0.05) is 0 Å². The van der Waals surface area contributed by atoms with E-state index < -0.39 is 11.2 Å². The van der Waals surface area contributed by atoms with Crippen LogP contribution in [0.15, 0.2) is 0 Å². The van der Waals surface area contributed by atoms with Gasteiger partial charge in [-0.25, -0.2) is 4.79 Å². The standard InChI is InChI=1S/C22H41ClO3/c1-2-3-4-5-6-7-8-9-10-11-12-13-14-15-16-17-18-19-20-26-22(25)21(23)24/h2-20H2,1H3. The summed E-state index contributed by atoms with van der Waals surface area (Å²) in [7, 11) is 0. The molecule has 0 rings (SSSR count). The normalized spacial score (nSPS) is 10.8. The third-order valence-electron chi connectivity index (χ3n) is 4.89. The first-order valence-electron chi connectivity index (χ1n) is 11.0. The van der Waals surface area contributed by atoms with Gasteiger partial charge >= 0.3 is 11.2 Å². The lowest BCUT2D eigenvalue weighted by atomic mass is 10.0. The number of hydrogen-bond acceptors (Lipinski definition) is 3. The van der Waals surface area contributed by atoms with E-state index in [4.69, 9.17) is 16.3 Å². The fourth-order valence-electron chi connectivity index (χ4n) is 3.23. The highest BCUT2D eigenvalue weighted by atomic mass is 35.5. The van der Waals surface area contributed by atoms with Crippen molar-refractivity contribution in [3.8, 4) is 0 Å². The first-order chi connectivity index (χ1) is 12.7. The summed E-state index contributed by atoms with van der Waals surface area (Å²) >= 11 is 5.00. The molecule has 0 bridgehead atoms. The second kappa shape index (κ2) is 20.7. The maximum absolute atomic E-state index is 10.8. The number of halogens is 1. The average Bonchev–Trinajstić information content (AvgIpc) is 2.63. The van der Waals surface area contributed by atoms with Crippen LogP contribution in [0.5, 0.6) is 0 Å². The van der Waals surface area contributed by atoms with Gasteiger partial charge in [-0.05, 0) is 18.0 Å². The molecule has 0 heterocycles. The van der Waals surface area contributed by atoms with Crippen molar-refractivity contribution in [2.45, 2.75) is 122 Å². The van der Waals surface area contributed by atoms with Gasteiger partial charge in [0.05, 0.1) is 6.61 Å². The molecule has 0 saturated carbocycles. The summed E-state index contributed by atoms with van der Waals surface area (Å²) in [4.78, 5) is 21.3. The van der Waals surface area contributed by atoms with Gasteiger partial charge in [0.15, 0.2) is 0 Å². The summed E-state index contributed by atoms with van der Waals surface area (Å²) < 4.78 is 4.71. The lowest BCUT2D eigenvalue weighted by Gasteiger charge is -2.04. The van der Waals surface area contributed by atoms with E-state index in [0.717, 1.165) is 12.8 Å². The molecule has 0 radical (unpaired) electrons. The van der Waals surface area contributed by atoms with Crippen molar-refractivity contribution in [1.29, 1.82) is 0 Å². The molecule has 0 aromatic heterocycles. The van der Waals surface area contributed by atoms with E-state index in [-0.39, 0.29) is 0 Å². The average molecular weight is 389 g/mol. The van der Waals surface area contributed by atoms with Crippen LogP contribution in [0.3, 0.4) is 0 Å². The smallest absolute Gasteiger partial charge is 0.391 e. The molecule has 0 aromatic rings. The van der Waals surface area contributed by atoms with E-state index in [1.807, 2.05) is 0 Å². The molecule has 3 nitrogen and oxygen atoms in total. The predicted molar refractivity (Wildman–Crippen MR) is 111 cm³/mol. The van der Waals surface area contributed by atoms with Gasteiger partial charge in [0.2, 0.25) is 0 Å². The number of carbonyl (C=O) groups excluding carboxylic acids is 2. The Morgan fingerprint density at radius 1 is 0.577 bits per heavy atom. The zero-order valence-corrected chi connectivity index (χ0v) is 17.8. The minimum atomic E-state index is -1.03. The molecule has 0 fully saturated rings. The van der Waals surface area contributed by atoms with Gasteiger partial charge in [0.1, 0.15) is 0 Å². The van der Waals surface area contributed by atoms with E-state index in [9.17, 15) is 9.59 Å². The summed E-state index contributed by atoms with van der Waals surface area (Å²) in [5.74, 6) is -0.932. The predicted octanol–water partition coefficient (Wildman–Crippen LogP) is 7.34. The number of hydrogen-bond donors (Lipinski definition) is 0. The summed E-state index contributed by atoms with van der Waals surface area (Å²) in [5, 5.41) is -1.03. The Hall–Kier alpha value is -0.570. The lowest BCUT2D eigenvalue weighted by molar-refractivity contribution is -0.150. The monoisotopic (exact) mass is 388 g/mol. The summed E-state index contributed by atoms with van der Waals surface area (Å²) in [6, 6.07) is 0. The Labute approximate surface area is 166 Å². The second-order valence-corrected chi connectivity index (χ2v) is 7.76. The molecule has 0 aromatic carbocycles. The highest BCUT2D eigenvalue weighted by Crippen LogP contribution is 2.14. The SMILES string of the molecule is CCCCCCCCCCCCCCCCCCCCOC(=O)C(=O)Cl. The molecular formula is C22H41ClO3. The molecule has 0 N–H and O–H groups in total. The maximum Gasteiger partial charge on any atom is 0.391 e. The highest BCUT2D eigenvalue weighted by Gasteiger charge is 2.10. The number of esters is 1. The zero-order chi connectivity index (χ0) is 19.3. The number of rotatable bonds is 20. The van der Waals surface area contributed by atoms with Crippen LogP contribution in [-0.2, 0) is 14.3 Å². The third kappa shape index (κ3) is 19.8. The molecular weight excluding hydrogens is 348 g/mol. The van der Waals surface area contributed by atoms with Crippen LogP contribution in [0.2, 0.25) is 0 Å². The van der Waals surface area contributed by atoms with Gasteiger partial charge in [-0.15, -0.1) is 0 Å². The first-order valence-corrected chi connectivity index (χ1v) is 11.4. The maximum atomic E-state index is 10.8. The quantitative estimate of drug-likeness (QED) is 0.0947. The number of carbonyl (C=O) groups is 2. The molecule has 0 aliphatic carbocycles. The van der Waals surface area contributed by atoms with Gasteiger partial charge in [-0.3, -0.25) is 4.79 Å². The molecule has 4 heteroatoms. The van der Waals surface area contributed by atoms with Crippen molar-refractivity contribution < 1.29 is 14.3 Å². The molecule has 0 spiro atoms. The van der Waals surface area contributed by atoms with Crippen molar-refractivity contribution in [2.24, 2.45) is 0 Å². The molecule has 0 amide bonds. The summed E-state index contributed by atoms with van der Waals surface area (Å²) in [6.45, 7) is 2.58. The van der Waals surface area contributed by atoms with E-state index in [2.05, 4.69) is 6.92 Å². The van der Waals surface area contributed by atoms with Gasteiger partial charge in [-0.1, -0.05) is 116 Å². The van der Waals surface area contributed by atoms with Crippen LogP contribution in [0.25, 0.3) is 0 Å². The first kappa shape index (κ1) is 25.4. The van der Waals surface area contributed by atoms with Crippen molar-refractivity contribution in [2.75, 3.05) is 6.61 Å². The minimum absolute atomic E-state index is 0.302. The number of unbranched alkanes of at least 4 members (excludes halogenated alkanes) is 17. The zero-order valence-electron chi connectivity index (χ0n) is 17.0. The fourth-order valence-corrected chi connectivity index (χ4v) is 3.28.